The maximum atomic E-state index is 12.3. The third kappa shape index (κ3) is 3.40. The van der Waals surface area contributed by atoms with E-state index in [-0.39, 0.29) is 5.91 Å². The van der Waals surface area contributed by atoms with Crippen molar-refractivity contribution in [3.63, 3.8) is 0 Å². The molecule has 4 rings (SSSR count). The molecule has 0 N–H and O–H groups in total. The summed E-state index contributed by atoms with van der Waals surface area (Å²) in [6.45, 7) is 2.95. The van der Waals surface area contributed by atoms with Gasteiger partial charge < -0.3 is 14.2 Å². The van der Waals surface area contributed by atoms with E-state index < -0.39 is 0 Å². The summed E-state index contributed by atoms with van der Waals surface area (Å²) in [5, 5.41) is 1.14. The van der Waals surface area contributed by atoms with E-state index in [2.05, 4.69) is 23.1 Å². The molecular weight excluding hydrogens is 314 g/mol. The fourth-order valence-electron chi connectivity index (χ4n) is 3.03. The summed E-state index contributed by atoms with van der Waals surface area (Å²) in [4.78, 5) is 21.1. The highest BCUT2D eigenvalue weighted by molar-refractivity contribution is 5.91. The molecule has 1 amide bonds. The number of fused-ring (bicyclic) bond motifs is 1. The van der Waals surface area contributed by atoms with Crippen molar-refractivity contribution >= 4 is 28.7 Å². The van der Waals surface area contributed by atoms with Crippen LogP contribution in [0.25, 0.3) is 17.0 Å². The number of aromatic nitrogens is 1. The highest BCUT2D eigenvalue weighted by atomic mass is 16.3. The minimum absolute atomic E-state index is 0.0162. The number of anilines is 1. The third-order valence-corrected chi connectivity index (χ3v) is 4.43. The third-order valence-electron chi connectivity index (χ3n) is 4.43. The summed E-state index contributed by atoms with van der Waals surface area (Å²) in [6.07, 6.45) is 4.88. The van der Waals surface area contributed by atoms with Crippen LogP contribution >= 0.6 is 0 Å². The van der Waals surface area contributed by atoms with Crippen LogP contribution in [-0.2, 0) is 4.79 Å². The minimum Gasteiger partial charge on any atom is -0.465 e. The molecule has 5 nitrogen and oxygen atoms in total. The molecule has 2 aromatic heterocycles. The molecule has 25 heavy (non-hydrogen) atoms. The highest BCUT2D eigenvalue weighted by Crippen LogP contribution is 2.19. The van der Waals surface area contributed by atoms with Gasteiger partial charge in [0.15, 0.2) is 0 Å². The van der Waals surface area contributed by atoms with Gasteiger partial charge in [0, 0.05) is 37.6 Å². The molecule has 0 saturated carbocycles. The molecule has 1 fully saturated rings. The second-order valence-corrected chi connectivity index (χ2v) is 6.02. The molecule has 5 heteroatoms. The van der Waals surface area contributed by atoms with E-state index in [9.17, 15) is 4.79 Å². The molecule has 3 heterocycles. The summed E-state index contributed by atoms with van der Waals surface area (Å²) in [6, 6.07) is 15.9. The number of hydrogen-bond donors (Lipinski definition) is 0. The minimum atomic E-state index is 0.0162. The fraction of sp³-hybridized carbons (Fsp3) is 0.200. The number of amides is 1. The maximum absolute atomic E-state index is 12.3. The quantitative estimate of drug-likeness (QED) is 0.691. The predicted molar refractivity (Wildman–Crippen MR) is 98.3 cm³/mol. The van der Waals surface area contributed by atoms with Crippen molar-refractivity contribution in [3.05, 3.63) is 66.6 Å². The Morgan fingerprint density at radius 3 is 2.64 bits per heavy atom. The molecule has 126 valence electrons. The topological polar surface area (TPSA) is 49.6 Å². The SMILES string of the molecule is O=C(/C=C/c1ccco1)N1CCN(c2ccc3ccccc3n2)CC1. The van der Waals surface area contributed by atoms with Crippen LogP contribution in [0.2, 0.25) is 0 Å². The van der Waals surface area contributed by atoms with Gasteiger partial charge in [0.2, 0.25) is 5.91 Å². The second kappa shape index (κ2) is 6.81. The van der Waals surface area contributed by atoms with E-state index in [1.807, 2.05) is 29.2 Å². The van der Waals surface area contributed by atoms with Crippen LogP contribution in [0.5, 0.6) is 0 Å². The Labute approximate surface area is 146 Å². The summed E-state index contributed by atoms with van der Waals surface area (Å²) in [5.74, 6) is 1.67. The standard InChI is InChI=1S/C20H19N3O2/c24-20(10-8-17-5-3-15-25-17)23-13-11-22(12-14-23)19-9-7-16-4-1-2-6-18(16)21-19/h1-10,15H,11-14H2/b10-8+. The first-order valence-corrected chi connectivity index (χ1v) is 8.41. The Morgan fingerprint density at radius 2 is 1.84 bits per heavy atom. The maximum Gasteiger partial charge on any atom is 0.246 e. The molecule has 1 saturated heterocycles. The summed E-state index contributed by atoms with van der Waals surface area (Å²) < 4.78 is 5.21. The molecule has 1 aliphatic rings. The lowest BCUT2D eigenvalue weighted by Crippen LogP contribution is -2.48. The number of carbonyl (C=O) groups is 1. The Balaban J connectivity index is 1.39. The van der Waals surface area contributed by atoms with Crippen molar-refractivity contribution < 1.29 is 9.21 Å². The number of rotatable bonds is 3. The monoisotopic (exact) mass is 333 g/mol. The molecular formula is C20H19N3O2. The Bertz CT molecular complexity index is 894. The van der Waals surface area contributed by atoms with Gasteiger partial charge >= 0.3 is 0 Å². The first-order chi connectivity index (χ1) is 12.3. The van der Waals surface area contributed by atoms with Gasteiger partial charge in [-0.25, -0.2) is 4.98 Å². The summed E-state index contributed by atoms with van der Waals surface area (Å²) in [7, 11) is 0. The van der Waals surface area contributed by atoms with Gasteiger partial charge in [-0.3, -0.25) is 4.79 Å². The molecule has 0 unspecified atom stereocenters. The second-order valence-electron chi connectivity index (χ2n) is 6.02. The lowest BCUT2D eigenvalue weighted by atomic mass is 10.2. The zero-order chi connectivity index (χ0) is 17.1. The first kappa shape index (κ1) is 15.4. The number of benzene rings is 1. The number of para-hydroxylation sites is 1. The molecule has 1 aromatic carbocycles. The van der Waals surface area contributed by atoms with Crippen LogP contribution in [0.3, 0.4) is 0 Å². The van der Waals surface area contributed by atoms with Gasteiger partial charge in [-0.15, -0.1) is 0 Å². The molecule has 0 radical (unpaired) electrons. The van der Waals surface area contributed by atoms with E-state index >= 15 is 0 Å². The van der Waals surface area contributed by atoms with Crippen molar-refractivity contribution in [2.75, 3.05) is 31.1 Å². The van der Waals surface area contributed by atoms with Crippen LogP contribution < -0.4 is 4.90 Å². The largest absolute Gasteiger partial charge is 0.465 e. The lowest BCUT2D eigenvalue weighted by molar-refractivity contribution is -0.126. The summed E-state index contributed by atoms with van der Waals surface area (Å²) >= 11 is 0. The molecule has 0 spiro atoms. The van der Waals surface area contributed by atoms with Gasteiger partial charge in [0.1, 0.15) is 11.6 Å². The van der Waals surface area contributed by atoms with Crippen LogP contribution in [0, 0.1) is 0 Å². The molecule has 1 aliphatic heterocycles. The zero-order valence-corrected chi connectivity index (χ0v) is 13.8. The van der Waals surface area contributed by atoms with Crippen molar-refractivity contribution in [2.24, 2.45) is 0 Å². The Morgan fingerprint density at radius 1 is 1.00 bits per heavy atom. The molecule has 3 aromatic rings. The zero-order valence-electron chi connectivity index (χ0n) is 13.8. The Kier molecular flexibility index (Phi) is 4.21. The number of piperazine rings is 1. The van der Waals surface area contributed by atoms with Crippen LogP contribution in [0.1, 0.15) is 5.76 Å². The van der Waals surface area contributed by atoms with E-state index in [1.54, 1.807) is 24.5 Å². The number of carbonyl (C=O) groups excluding carboxylic acids is 1. The fourth-order valence-corrected chi connectivity index (χ4v) is 3.03. The van der Waals surface area contributed by atoms with Gasteiger partial charge in [-0.2, -0.15) is 0 Å². The number of pyridine rings is 1. The summed E-state index contributed by atoms with van der Waals surface area (Å²) in [5.41, 5.74) is 1.000. The smallest absolute Gasteiger partial charge is 0.246 e. The van der Waals surface area contributed by atoms with E-state index in [0.29, 0.717) is 18.8 Å². The number of furan rings is 1. The average Bonchev–Trinajstić information content (AvgIpc) is 3.19. The van der Waals surface area contributed by atoms with Gasteiger partial charge in [0.25, 0.3) is 0 Å². The first-order valence-electron chi connectivity index (χ1n) is 8.41. The van der Waals surface area contributed by atoms with Gasteiger partial charge in [0.05, 0.1) is 11.8 Å². The van der Waals surface area contributed by atoms with E-state index in [4.69, 9.17) is 9.40 Å². The van der Waals surface area contributed by atoms with Crippen LogP contribution in [0.15, 0.2) is 65.3 Å². The predicted octanol–water partition coefficient (Wildman–Crippen LogP) is 3.19. The average molecular weight is 333 g/mol. The van der Waals surface area contributed by atoms with Gasteiger partial charge in [-0.1, -0.05) is 18.2 Å². The number of hydrogen-bond acceptors (Lipinski definition) is 4. The van der Waals surface area contributed by atoms with Crippen molar-refractivity contribution in [2.45, 2.75) is 0 Å². The van der Waals surface area contributed by atoms with Crippen molar-refractivity contribution in [1.82, 2.24) is 9.88 Å². The lowest BCUT2D eigenvalue weighted by Gasteiger charge is -2.35. The van der Waals surface area contributed by atoms with Crippen LogP contribution in [0.4, 0.5) is 5.82 Å². The normalized spacial score (nSPS) is 15.2. The van der Waals surface area contributed by atoms with Crippen LogP contribution in [-0.4, -0.2) is 42.0 Å². The Hall–Kier alpha value is -3.08. The molecule has 0 bridgehead atoms. The van der Waals surface area contributed by atoms with Crippen molar-refractivity contribution in [1.29, 1.82) is 0 Å². The highest BCUT2D eigenvalue weighted by Gasteiger charge is 2.20. The number of nitrogens with zero attached hydrogens (tertiary/aromatic N) is 3. The van der Waals surface area contributed by atoms with Crippen molar-refractivity contribution in [3.8, 4) is 0 Å². The van der Waals surface area contributed by atoms with E-state index in [0.717, 1.165) is 29.8 Å². The van der Waals surface area contributed by atoms with E-state index in [1.165, 1.54) is 0 Å². The molecule has 0 atom stereocenters. The molecule has 0 aliphatic carbocycles. The van der Waals surface area contributed by atoms with Gasteiger partial charge in [-0.05, 0) is 36.4 Å².